The van der Waals surface area contributed by atoms with Crippen molar-refractivity contribution in [1.29, 1.82) is 0 Å². The normalized spacial score (nSPS) is 13.2. The molecular weight excluding hydrogens is 333 g/mol. The number of rotatable bonds is 3. The molecule has 20 heavy (non-hydrogen) atoms. The number of nitrogens with zero attached hydrogens (tertiary/aromatic N) is 2. The van der Waals surface area contributed by atoms with Crippen LogP contribution in [0, 0.1) is 6.92 Å². The van der Waals surface area contributed by atoms with Gasteiger partial charge in [0.15, 0.2) is 0 Å². The summed E-state index contributed by atoms with van der Waals surface area (Å²) in [5.74, 6) is -0.180. The third-order valence-electron chi connectivity index (χ3n) is 2.79. The predicted molar refractivity (Wildman–Crippen MR) is 73.0 cm³/mol. The molecule has 2 aromatic rings. The molecule has 0 spiro atoms. The lowest BCUT2D eigenvalue weighted by atomic mass is 9.95. The second-order valence-corrected chi connectivity index (χ2v) is 5.30. The van der Waals surface area contributed by atoms with Crippen LogP contribution in [0.1, 0.15) is 22.7 Å². The van der Waals surface area contributed by atoms with Gasteiger partial charge in [-0.15, -0.1) is 0 Å². The van der Waals surface area contributed by atoms with E-state index in [0.717, 1.165) is 16.1 Å². The molecule has 1 unspecified atom stereocenters. The first-order valence-corrected chi connectivity index (χ1v) is 6.61. The lowest BCUT2D eigenvalue weighted by Crippen LogP contribution is -2.08. The molecule has 1 radical (unpaired) electrons. The number of hydrogen-bond donors (Lipinski definition) is 0. The van der Waals surface area contributed by atoms with E-state index in [-0.39, 0.29) is 5.92 Å². The van der Waals surface area contributed by atoms with Crippen LogP contribution in [0.2, 0.25) is 0 Å². The molecular formula is C14H11BrF3N2. The van der Waals surface area contributed by atoms with E-state index in [4.69, 9.17) is 0 Å². The zero-order chi connectivity index (χ0) is 14.8. The molecule has 0 aliphatic heterocycles. The summed E-state index contributed by atoms with van der Waals surface area (Å²) in [4.78, 5) is 7.48. The summed E-state index contributed by atoms with van der Waals surface area (Å²) in [5.41, 5.74) is 0.731. The summed E-state index contributed by atoms with van der Waals surface area (Å²) in [6, 6.07) is 4.30. The van der Waals surface area contributed by atoms with E-state index in [1.165, 1.54) is 12.3 Å². The molecule has 2 heterocycles. The maximum Gasteiger partial charge on any atom is 0.433 e. The van der Waals surface area contributed by atoms with Gasteiger partial charge in [-0.3, -0.25) is 9.97 Å². The molecule has 0 saturated carbocycles. The van der Waals surface area contributed by atoms with Gasteiger partial charge in [0, 0.05) is 23.1 Å². The summed E-state index contributed by atoms with van der Waals surface area (Å²) >= 11 is 3.32. The highest BCUT2D eigenvalue weighted by molar-refractivity contribution is 9.10. The zero-order valence-corrected chi connectivity index (χ0v) is 11.9. The number of hydrogen-bond acceptors (Lipinski definition) is 2. The fourth-order valence-corrected chi connectivity index (χ4v) is 2.20. The first kappa shape index (κ1) is 15.0. The Labute approximate surface area is 123 Å². The highest BCUT2D eigenvalue weighted by atomic mass is 79.9. The fourth-order valence-electron chi connectivity index (χ4n) is 1.78. The zero-order valence-electron chi connectivity index (χ0n) is 10.4. The SMILES string of the molecule is [CH2]C(Cc1cncc(Br)c1)c1ccc(C(F)(F)F)nc1. The van der Waals surface area contributed by atoms with E-state index in [1.807, 2.05) is 6.07 Å². The summed E-state index contributed by atoms with van der Waals surface area (Å²) in [7, 11) is 0. The average molecular weight is 344 g/mol. The van der Waals surface area contributed by atoms with Gasteiger partial charge >= 0.3 is 6.18 Å². The van der Waals surface area contributed by atoms with Crippen LogP contribution in [0.15, 0.2) is 41.3 Å². The summed E-state index contributed by atoms with van der Waals surface area (Å²) < 4.78 is 38.1. The molecule has 2 rings (SSSR count). The maximum atomic E-state index is 12.4. The second-order valence-electron chi connectivity index (χ2n) is 4.39. The van der Waals surface area contributed by atoms with Crippen molar-refractivity contribution in [2.45, 2.75) is 18.5 Å². The smallest absolute Gasteiger partial charge is 0.263 e. The first-order chi connectivity index (χ1) is 9.36. The van der Waals surface area contributed by atoms with Gasteiger partial charge in [0.05, 0.1) is 0 Å². The molecule has 6 heteroatoms. The molecule has 2 aromatic heterocycles. The van der Waals surface area contributed by atoms with Crippen LogP contribution in [0.3, 0.4) is 0 Å². The van der Waals surface area contributed by atoms with E-state index in [2.05, 4.69) is 32.8 Å². The summed E-state index contributed by atoms with van der Waals surface area (Å²) in [5, 5.41) is 0. The number of pyridine rings is 2. The number of alkyl halides is 3. The minimum absolute atomic E-state index is 0.180. The summed E-state index contributed by atoms with van der Waals surface area (Å²) in [6.07, 6.45) is 0.774. The highest BCUT2D eigenvalue weighted by Crippen LogP contribution is 2.28. The van der Waals surface area contributed by atoms with Gasteiger partial charge in [-0.25, -0.2) is 0 Å². The third kappa shape index (κ3) is 3.79. The molecule has 0 bridgehead atoms. The van der Waals surface area contributed by atoms with Crippen molar-refractivity contribution in [2.75, 3.05) is 0 Å². The molecule has 0 aromatic carbocycles. The van der Waals surface area contributed by atoms with Gasteiger partial charge in [0.1, 0.15) is 5.69 Å². The van der Waals surface area contributed by atoms with Crippen LogP contribution in [0.5, 0.6) is 0 Å². The molecule has 0 fully saturated rings. The molecule has 105 valence electrons. The Bertz CT molecular complexity index is 582. The van der Waals surface area contributed by atoms with Crippen LogP contribution in [-0.4, -0.2) is 9.97 Å². The molecule has 0 N–H and O–H groups in total. The van der Waals surface area contributed by atoms with Crippen molar-refractivity contribution >= 4 is 15.9 Å². The monoisotopic (exact) mass is 343 g/mol. The lowest BCUT2D eigenvalue weighted by Gasteiger charge is -2.13. The van der Waals surface area contributed by atoms with Gasteiger partial charge in [-0.05, 0) is 58.5 Å². The van der Waals surface area contributed by atoms with Crippen molar-refractivity contribution < 1.29 is 13.2 Å². The van der Waals surface area contributed by atoms with E-state index in [0.29, 0.717) is 12.0 Å². The maximum absolute atomic E-state index is 12.4. The first-order valence-electron chi connectivity index (χ1n) is 5.82. The third-order valence-corrected chi connectivity index (χ3v) is 3.23. The van der Waals surface area contributed by atoms with Gasteiger partial charge in [0.25, 0.3) is 0 Å². The van der Waals surface area contributed by atoms with E-state index >= 15 is 0 Å². The van der Waals surface area contributed by atoms with Crippen molar-refractivity contribution in [3.8, 4) is 0 Å². The Morgan fingerprint density at radius 2 is 1.95 bits per heavy atom. The Morgan fingerprint density at radius 1 is 1.20 bits per heavy atom. The van der Waals surface area contributed by atoms with Crippen molar-refractivity contribution in [2.24, 2.45) is 0 Å². The molecule has 0 aliphatic carbocycles. The molecule has 0 aliphatic rings. The highest BCUT2D eigenvalue weighted by Gasteiger charge is 2.32. The van der Waals surface area contributed by atoms with E-state index < -0.39 is 11.9 Å². The van der Waals surface area contributed by atoms with Crippen LogP contribution in [0.4, 0.5) is 13.2 Å². The van der Waals surface area contributed by atoms with Gasteiger partial charge in [-0.1, -0.05) is 6.07 Å². The summed E-state index contributed by atoms with van der Waals surface area (Å²) in [6.45, 7) is 3.96. The van der Waals surface area contributed by atoms with Crippen molar-refractivity contribution in [3.05, 3.63) is 65.0 Å². The Hall–Kier alpha value is -1.43. The second kappa shape index (κ2) is 5.91. The van der Waals surface area contributed by atoms with Gasteiger partial charge in [-0.2, -0.15) is 13.2 Å². The minimum atomic E-state index is -4.41. The minimum Gasteiger partial charge on any atom is -0.263 e. The Balaban J connectivity index is 2.11. The van der Waals surface area contributed by atoms with Crippen LogP contribution in [0.25, 0.3) is 0 Å². The molecule has 0 amide bonds. The predicted octanol–water partition coefficient (Wildman–Crippen LogP) is 4.42. The van der Waals surface area contributed by atoms with Crippen LogP contribution in [-0.2, 0) is 12.6 Å². The Morgan fingerprint density at radius 3 is 2.50 bits per heavy atom. The largest absolute Gasteiger partial charge is 0.433 e. The van der Waals surface area contributed by atoms with Crippen molar-refractivity contribution in [3.63, 3.8) is 0 Å². The molecule has 0 saturated heterocycles. The average Bonchev–Trinajstić information content (AvgIpc) is 2.38. The standard InChI is InChI=1S/C14H11BrF3N2/c1-9(4-10-5-12(15)8-19-6-10)11-2-3-13(20-7-11)14(16,17)18/h2-3,5-9H,1,4H2. The number of aromatic nitrogens is 2. The Kier molecular flexibility index (Phi) is 4.42. The van der Waals surface area contributed by atoms with E-state index in [1.54, 1.807) is 12.4 Å². The lowest BCUT2D eigenvalue weighted by molar-refractivity contribution is -0.141. The van der Waals surface area contributed by atoms with E-state index in [9.17, 15) is 13.2 Å². The van der Waals surface area contributed by atoms with Gasteiger partial charge in [0.2, 0.25) is 0 Å². The van der Waals surface area contributed by atoms with Crippen molar-refractivity contribution in [1.82, 2.24) is 9.97 Å². The molecule has 1 atom stereocenters. The van der Waals surface area contributed by atoms with Crippen LogP contribution < -0.4 is 0 Å². The van der Waals surface area contributed by atoms with Crippen LogP contribution >= 0.6 is 15.9 Å². The molecule has 2 nitrogen and oxygen atoms in total. The van der Waals surface area contributed by atoms with Gasteiger partial charge < -0.3 is 0 Å². The quantitative estimate of drug-likeness (QED) is 0.824. The fraction of sp³-hybridized carbons (Fsp3) is 0.214. The topological polar surface area (TPSA) is 25.8 Å². The number of halogens is 4.